The third kappa shape index (κ3) is 4.02. The van der Waals surface area contributed by atoms with E-state index in [1.807, 2.05) is 0 Å². The van der Waals surface area contributed by atoms with Gasteiger partial charge in [0.1, 0.15) is 4.88 Å². The van der Waals surface area contributed by atoms with Gasteiger partial charge in [-0.1, -0.05) is 30.0 Å². The van der Waals surface area contributed by atoms with Gasteiger partial charge in [-0.2, -0.15) is 0 Å². The first-order valence-electron chi connectivity index (χ1n) is 5.66. The lowest BCUT2D eigenvalue weighted by molar-refractivity contribution is -0.115. The first kappa shape index (κ1) is 14.9. The first-order chi connectivity index (χ1) is 9.58. The fraction of sp³-hybridized carbons (Fsp3) is 0.273. The summed E-state index contributed by atoms with van der Waals surface area (Å²) in [5.74, 6) is -0.373. The number of hydrogen-bond acceptors (Lipinski definition) is 7. The molecular formula is C11H11N3O3S3. The van der Waals surface area contributed by atoms with Crippen molar-refractivity contribution in [3.05, 3.63) is 21.9 Å². The van der Waals surface area contributed by atoms with Crippen LogP contribution in [0.2, 0.25) is 0 Å². The standard InChI is InChI=1S/C11H11N3O3S3/c1-2-8(15)12-10-13-14-11(20-10)18-5-6-3-4-7(19-6)9(16)17/h3-4H,2,5H2,1H3,(H,16,17)(H,12,13,15). The smallest absolute Gasteiger partial charge is 0.345 e. The molecule has 20 heavy (non-hydrogen) atoms. The Morgan fingerprint density at radius 2 is 2.15 bits per heavy atom. The Bertz CT molecular complexity index is 623. The number of amides is 1. The summed E-state index contributed by atoms with van der Waals surface area (Å²) in [7, 11) is 0. The van der Waals surface area contributed by atoms with Gasteiger partial charge < -0.3 is 10.4 Å². The maximum absolute atomic E-state index is 11.2. The molecule has 0 spiro atoms. The van der Waals surface area contributed by atoms with Gasteiger partial charge in [0.15, 0.2) is 4.34 Å². The molecule has 0 bridgehead atoms. The van der Waals surface area contributed by atoms with Crippen LogP contribution < -0.4 is 5.32 Å². The fourth-order valence-corrected chi connectivity index (χ4v) is 3.89. The van der Waals surface area contributed by atoms with Gasteiger partial charge in [0.05, 0.1) is 0 Å². The molecule has 0 radical (unpaired) electrons. The Hall–Kier alpha value is -1.45. The molecule has 6 nitrogen and oxygen atoms in total. The summed E-state index contributed by atoms with van der Waals surface area (Å²) in [5, 5.41) is 19.8. The van der Waals surface area contributed by atoms with Crippen LogP contribution in [0.4, 0.5) is 5.13 Å². The predicted octanol–water partition coefficient (Wildman–Crippen LogP) is 2.94. The minimum Gasteiger partial charge on any atom is -0.477 e. The number of carboxylic acids is 1. The molecule has 0 saturated carbocycles. The maximum Gasteiger partial charge on any atom is 0.345 e. The van der Waals surface area contributed by atoms with Crippen molar-refractivity contribution < 1.29 is 14.7 Å². The van der Waals surface area contributed by atoms with E-state index in [1.165, 1.54) is 34.4 Å². The Morgan fingerprint density at radius 1 is 1.35 bits per heavy atom. The van der Waals surface area contributed by atoms with Crippen molar-refractivity contribution in [3.8, 4) is 0 Å². The van der Waals surface area contributed by atoms with Gasteiger partial charge in [-0.15, -0.1) is 21.5 Å². The lowest BCUT2D eigenvalue weighted by atomic mass is 10.4. The van der Waals surface area contributed by atoms with E-state index in [0.717, 1.165) is 9.22 Å². The van der Waals surface area contributed by atoms with Gasteiger partial charge >= 0.3 is 5.97 Å². The van der Waals surface area contributed by atoms with Crippen LogP contribution in [0, 0.1) is 0 Å². The largest absolute Gasteiger partial charge is 0.477 e. The molecule has 9 heteroatoms. The molecule has 0 aliphatic rings. The van der Waals surface area contributed by atoms with Crippen molar-refractivity contribution in [2.75, 3.05) is 5.32 Å². The second kappa shape index (κ2) is 6.82. The number of carbonyl (C=O) groups is 2. The molecule has 1 amide bonds. The normalized spacial score (nSPS) is 10.4. The lowest BCUT2D eigenvalue weighted by Crippen LogP contribution is -2.08. The summed E-state index contributed by atoms with van der Waals surface area (Å²) in [6, 6.07) is 3.39. The van der Waals surface area contributed by atoms with Crippen LogP contribution in [0.25, 0.3) is 0 Å². The highest BCUT2D eigenvalue weighted by atomic mass is 32.2. The monoisotopic (exact) mass is 329 g/mol. The Morgan fingerprint density at radius 3 is 2.80 bits per heavy atom. The van der Waals surface area contributed by atoms with Crippen LogP contribution in [0.5, 0.6) is 0 Å². The van der Waals surface area contributed by atoms with Crippen LogP contribution in [-0.4, -0.2) is 27.2 Å². The summed E-state index contributed by atoms with van der Waals surface area (Å²) < 4.78 is 0.738. The molecule has 0 aromatic carbocycles. The topological polar surface area (TPSA) is 92.2 Å². The molecular weight excluding hydrogens is 318 g/mol. The highest BCUT2D eigenvalue weighted by Crippen LogP contribution is 2.30. The van der Waals surface area contributed by atoms with E-state index in [1.54, 1.807) is 19.1 Å². The zero-order valence-electron chi connectivity index (χ0n) is 10.5. The SMILES string of the molecule is CCC(=O)Nc1nnc(SCc2ccc(C(=O)O)s2)s1. The molecule has 0 aliphatic heterocycles. The number of carboxylic acid groups (broad SMARTS) is 1. The lowest BCUT2D eigenvalue weighted by Gasteiger charge is -1.95. The number of aromatic nitrogens is 2. The number of nitrogens with one attached hydrogen (secondary N) is 1. The Balaban J connectivity index is 1.90. The summed E-state index contributed by atoms with van der Waals surface area (Å²) >= 11 is 4.02. The molecule has 0 fully saturated rings. The van der Waals surface area contributed by atoms with Crippen LogP contribution in [0.1, 0.15) is 27.9 Å². The second-order valence-corrected chi connectivity index (χ2v) is 7.00. The summed E-state index contributed by atoms with van der Waals surface area (Å²) in [6.45, 7) is 1.77. The number of anilines is 1. The Labute approximate surface area is 127 Å². The van der Waals surface area contributed by atoms with E-state index < -0.39 is 5.97 Å². The number of carbonyl (C=O) groups excluding carboxylic acids is 1. The summed E-state index contributed by atoms with van der Waals surface area (Å²) in [6.07, 6.45) is 0.398. The van der Waals surface area contributed by atoms with E-state index in [4.69, 9.17) is 5.11 Å². The fourth-order valence-electron chi connectivity index (χ4n) is 1.23. The summed E-state index contributed by atoms with van der Waals surface area (Å²) in [5.41, 5.74) is 0. The average molecular weight is 329 g/mol. The minimum atomic E-state index is -0.910. The van der Waals surface area contributed by atoms with Crippen LogP contribution in [-0.2, 0) is 10.5 Å². The molecule has 0 atom stereocenters. The highest BCUT2D eigenvalue weighted by molar-refractivity contribution is 8.00. The number of nitrogens with zero attached hydrogens (tertiary/aromatic N) is 2. The molecule has 0 aliphatic carbocycles. The second-order valence-electron chi connectivity index (χ2n) is 3.63. The molecule has 2 aromatic heterocycles. The van der Waals surface area contributed by atoms with Gasteiger partial charge in [0.2, 0.25) is 11.0 Å². The van der Waals surface area contributed by atoms with E-state index in [9.17, 15) is 9.59 Å². The molecule has 2 heterocycles. The van der Waals surface area contributed by atoms with Gasteiger partial charge in [-0.05, 0) is 12.1 Å². The third-order valence-electron chi connectivity index (χ3n) is 2.18. The van der Waals surface area contributed by atoms with Gasteiger partial charge in [0, 0.05) is 17.1 Å². The molecule has 0 unspecified atom stereocenters. The zero-order valence-corrected chi connectivity index (χ0v) is 12.9. The predicted molar refractivity (Wildman–Crippen MR) is 79.7 cm³/mol. The van der Waals surface area contributed by atoms with E-state index in [2.05, 4.69) is 15.5 Å². The number of rotatable bonds is 6. The van der Waals surface area contributed by atoms with Crippen molar-refractivity contribution in [2.45, 2.75) is 23.4 Å². The quantitative estimate of drug-likeness (QED) is 0.625. The van der Waals surface area contributed by atoms with Gasteiger partial charge in [0.25, 0.3) is 0 Å². The van der Waals surface area contributed by atoms with Crippen LogP contribution in [0.3, 0.4) is 0 Å². The first-order valence-corrected chi connectivity index (χ1v) is 8.28. The molecule has 2 aromatic rings. The molecule has 2 N–H and O–H groups in total. The van der Waals surface area contributed by atoms with Crippen molar-refractivity contribution in [1.29, 1.82) is 0 Å². The number of hydrogen-bond donors (Lipinski definition) is 2. The van der Waals surface area contributed by atoms with Crippen molar-refractivity contribution in [1.82, 2.24) is 10.2 Å². The molecule has 106 valence electrons. The highest BCUT2D eigenvalue weighted by Gasteiger charge is 2.10. The van der Waals surface area contributed by atoms with Gasteiger partial charge in [-0.3, -0.25) is 4.79 Å². The Kier molecular flexibility index (Phi) is 5.10. The third-order valence-corrected chi connectivity index (χ3v) is 5.46. The van der Waals surface area contributed by atoms with E-state index >= 15 is 0 Å². The van der Waals surface area contributed by atoms with E-state index in [0.29, 0.717) is 22.2 Å². The maximum atomic E-state index is 11.2. The van der Waals surface area contributed by atoms with Crippen molar-refractivity contribution >= 4 is 51.4 Å². The molecule has 0 saturated heterocycles. The average Bonchev–Trinajstić information content (AvgIpc) is 3.05. The van der Waals surface area contributed by atoms with E-state index in [-0.39, 0.29) is 5.91 Å². The number of thiophene rings is 1. The summed E-state index contributed by atoms with van der Waals surface area (Å²) in [4.78, 5) is 23.3. The number of thioether (sulfide) groups is 1. The zero-order chi connectivity index (χ0) is 14.5. The number of aromatic carboxylic acids is 1. The molecule has 2 rings (SSSR count). The van der Waals surface area contributed by atoms with Crippen molar-refractivity contribution in [3.63, 3.8) is 0 Å². The van der Waals surface area contributed by atoms with Gasteiger partial charge in [-0.25, -0.2) is 4.79 Å². The van der Waals surface area contributed by atoms with Crippen LogP contribution >= 0.6 is 34.4 Å². The van der Waals surface area contributed by atoms with Crippen molar-refractivity contribution in [2.24, 2.45) is 0 Å². The minimum absolute atomic E-state index is 0.0953. The van der Waals surface area contributed by atoms with Crippen LogP contribution in [0.15, 0.2) is 16.5 Å².